The molecule has 1 aromatic carbocycles. The number of rotatable bonds is 5. The molecule has 1 amide bonds. The van der Waals surface area contributed by atoms with E-state index in [-0.39, 0.29) is 11.9 Å². The van der Waals surface area contributed by atoms with Gasteiger partial charge in [0, 0.05) is 12.1 Å². The molecular formula is C17H18ClN5O3. The van der Waals surface area contributed by atoms with Crippen LogP contribution in [0.5, 0.6) is 5.75 Å². The predicted molar refractivity (Wildman–Crippen MR) is 96.0 cm³/mol. The van der Waals surface area contributed by atoms with Gasteiger partial charge >= 0.3 is 6.01 Å². The van der Waals surface area contributed by atoms with Crippen LogP contribution >= 0.6 is 11.6 Å². The molecule has 0 aliphatic heterocycles. The Morgan fingerprint density at radius 1 is 1.27 bits per heavy atom. The fourth-order valence-corrected chi connectivity index (χ4v) is 2.41. The Labute approximate surface area is 155 Å². The van der Waals surface area contributed by atoms with Crippen molar-refractivity contribution in [1.82, 2.24) is 20.0 Å². The second-order valence-electron chi connectivity index (χ2n) is 6.23. The molecule has 0 atom stereocenters. The Bertz CT molecular complexity index is 930. The van der Waals surface area contributed by atoms with Crippen LogP contribution in [0.15, 0.2) is 34.7 Å². The molecule has 0 fully saturated rings. The first-order chi connectivity index (χ1) is 12.2. The van der Waals surface area contributed by atoms with Gasteiger partial charge in [0.25, 0.3) is 11.8 Å². The van der Waals surface area contributed by atoms with Crippen molar-refractivity contribution in [3.05, 3.63) is 41.0 Å². The third-order valence-corrected chi connectivity index (χ3v) is 3.85. The van der Waals surface area contributed by atoms with Crippen LogP contribution in [0, 0.1) is 6.92 Å². The zero-order valence-corrected chi connectivity index (χ0v) is 15.5. The molecule has 1 N–H and O–H groups in total. The van der Waals surface area contributed by atoms with Crippen LogP contribution in [0.1, 0.15) is 19.5 Å². The summed E-state index contributed by atoms with van der Waals surface area (Å²) in [6.07, 6.45) is 0. The Balaban J connectivity index is 1.71. The maximum atomic E-state index is 12.5. The van der Waals surface area contributed by atoms with Gasteiger partial charge in [0.05, 0.1) is 5.69 Å². The van der Waals surface area contributed by atoms with Gasteiger partial charge in [0.1, 0.15) is 11.4 Å². The molecule has 9 heteroatoms. The highest BCUT2D eigenvalue weighted by Crippen LogP contribution is 2.23. The van der Waals surface area contributed by atoms with Gasteiger partial charge in [-0.1, -0.05) is 16.7 Å². The van der Waals surface area contributed by atoms with Gasteiger partial charge in [-0.3, -0.25) is 14.8 Å². The lowest BCUT2D eigenvalue weighted by Crippen LogP contribution is -2.42. The third-order valence-electron chi connectivity index (χ3n) is 3.60. The Morgan fingerprint density at radius 3 is 2.58 bits per heavy atom. The van der Waals surface area contributed by atoms with E-state index in [1.807, 2.05) is 13.0 Å². The lowest BCUT2D eigenvalue weighted by atomic mass is 10.1. The molecule has 0 aliphatic rings. The van der Waals surface area contributed by atoms with Crippen molar-refractivity contribution in [3.63, 3.8) is 0 Å². The number of amides is 1. The summed E-state index contributed by atoms with van der Waals surface area (Å²) in [5, 5.41) is 15.2. The van der Waals surface area contributed by atoms with Crippen molar-refractivity contribution in [3.8, 4) is 17.3 Å². The first-order valence-corrected chi connectivity index (χ1v) is 8.23. The van der Waals surface area contributed by atoms with Gasteiger partial charge in [0.2, 0.25) is 0 Å². The maximum Gasteiger partial charge on any atom is 0.322 e. The summed E-state index contributed by atoms with van der Waals surface area (Å²) in [6.45, 7) is 5.14. The number of carbonyl (C=O) groups is 1. The molecule has 0 aliphatic carbocycles. The second-order valence-corrected chi connectivity index (χ2v) is 6.66. The Kier molecular flexibility index (Phi) is 4.69. The van der Waals surface area contributed by atoms with Crippen molar-refractivity contribution < 1.29 is 13.9 Å². The molecule has 0 unspecified atom stereocenters. The number of carbonyl (C=O) groups excluding carboxylic acids is 1. The normalized spacial score (nSPS) is 11.4. The van der Waals surface area contributed by atoms with Crippen molar-refractivity contribution in [1.29, 1.82) is 0 Å². The molecule has 3 aromatic rings. The first-order valence-electron chi connectivity index (χ1n) is 7.85. The Morgan fingerprint density at radius 2 is 1.96 bits per heavy atom. The molecule has 0 saturated carbocycles. The number of aryl methyl sites for hydroxylation is 2. The SMILES string of the molecule is Cc1cc(-c2nnc(NC(=O)C(C)(C)Oc3ccc(Cl)cc3)o2)n(C)n1. The van der Waals surface area contributed by atoms with Gasteiger partial charge in [-0.15, -0.1) is 5.10 Å². The molecule has 8 nitrogen and oxygen atoms in total. The van der Waals surface area contributed by atoms with E-state index in [1.54, 1.807) is 49.8 Å². The standard InChI is InChI=1S/C17H18ClN5O3/c1-10-9-13(23(4)22-10)14-20-21-16(25-14)19-15(24)17(2,3)26-12-7-5-11(18)6-8-12/h5-9H,1-4H3,(H,19,21,24). The lowest BCUT2D eigenvalue weighted by Gasteiger charge is -2.24. The van der Waals surface area contributed by atoms with Crippen LogP contribution in [0.2, 0.25) is 5.02 Å². The van der Waals surface area contributed by atoms with Crippen LogP contribution in [0.25, 0.3) is 11.6 Å². The van der Waals surface area contributed by atoms with Crippen molar-refractivity contribution in [2.45, 2.75) is 26.4 Å². The highest BCUT2D eigenvalue weighted by molar-refractivity contribution is 6.30. The minimum Gasteiger partial charge on any atom is -0.478 e. The lowest BCUT2D eigenvalue weighted by molar-refractivity contribution is -0.128. The van der Waals surface area contributed by atoms with E-state index < -0.39 is 11.5 Å². The summed E-state index contributed by atoms with van der Waals surface area (Å²) < 4.78 is 12.9. The average molecular weight is 376 g/mol. The zero-order chi connectivity index (χ0) is 18.9. The topological polar surface area (TPSA) is 95.1 Å². The van der Waals surface area contributed by atoms with Gasteiger partial charge in [-0.2, -0.15) is 5.10 Å². The number of anilines is 1. The fraction of sp³-hybridized carbons (Fsp3) is 0.294. The largest absolute Gasteiger partial charge is 0.478 e. The first kappa shape index (κ1) is 17.9. The third kappa shape index (κ3) is 3.85. The molecule has 0 saturated heterocycles. The number of hydrogen-bond acceptors (Lipinski definition) is 6. The molecule has 0 radical (unpaired) electrons. The van der Waals surface area contributed by atoms with Crippen LogP contribution < -0.4 is 10.1 Å². The van der Waals surface area contributed by atoms with Crippen LogP contribution in [-0.4, -0.2) is 31.5 Å². The van der Waals surface area contributed by atoms with E-state index in [2.05, 4.69) is 20.6 Å². The molecule has 2 aromatic heterocycles. The minimum absolute atomic E-state index is 0.0170. The molecule has 2 heterocycles. The maximum absolute atomic E-state index is 12.5. The second kappa shape index (κ2) is 6.80. The molecule has 3 rings (SSSR count). The quantitative estimate of drug-likeness (QED) is 0.735. The number of hydrogen-bond donors (Lipinski definition) is 1. The van der Waals surface area contributed by atoms with Crippen molar-refractivity contribution in [2.24, 2.45) is 7.05 Å². The van der Waals surface area contributed by atoms with E-state index >= 15 is 0 Å². The highest BCUT2D eigenvalue weighted by Gasteiger charge is 2.31. The van der Waals surface area contributed by atoms with Gasteiger partial charge in [-0.25, -0.2) is 0 Å². The summed E-state index contributed by atoms with van der Waals surface area (Å²) >= 11 is 5.85. The number of nitrogens with zero attached hydrogens (tertiary/aromatic N) is 4. The number of ether oxygens (including phenoxy) is 1. The van der Waals surface area contributed by atoms with Gasteiger partial charge < -0.3 is 9.15 Å². The zero-order valence-electron chi connectivity index (χ0n) is 14.8. The van der Waals surface area contributed by atoms with Gasteiger partial charge in [0.15, 0.2) is 5.60 Å². The van der Waals surface area contributed by atoms with E-state index in [0.717, 1.165) is 5.69 Å². The predicted octanol–water partition coefficient (Wildman–Crippen LogP) is 3.23. The molecule has 26 heavy (non-hydrogen) atoms. The minimum atomic E-state index is -1.16. The van der Waals surface area contributed by atoms with Gasteiger partial charge in [-0.05, 0) is 51.1 Å². The van der Waals surface area contributed by atoms with E-state index in [1.165, 1.54) is 0 Å². The average Bonchev–Trinajstić information content (AvgIpc) is 3.15. The van der Waals surface area contributed by atoms with Crippen molar-refractivity contribution in [2.75, 3.05) is 5.32 Å². The number of nitrogens with one attached hydrogen (secondary N) is 1. The smallest absolute Gasteiger partial charge is 0.322 e. The Hall–Kier alpha value is -2.87. The fourth-order valence-electron chi connectivity index (χ4n) is 2.28. The summed E-state index contributed by atoms with van der Waals surface area (Å²) in [6, 6.07) is 8.54. The molecular weight excluding hydrogens is 358 g/mol. The van der Waals surface area contributed by atoms with E-state index in [9.17, 15) is 4.79 Å². The van der Waals surface area contributed by atoms with E-state index in [4.69, 9.17) is 20.8 Å². The molecule has 0 bridgehead atoms. The monoisotopic (exact) mass is 375 g/mol. The summed E-state index contributed by atoms with van der Waals surface area (Å²) in [7, 11) is 1.77. The van der Waals surface area contributed by atoms with E-state index in [0.29, 0.717) is 16.5 Å². The summed E-state index contributed by atoms with van der Waals surface area (Å²) in [5.41, 5.74) is 0.321. The molecule has 136 valence electrons. The van der Waals surface area contributed by atoms with Crippen LogP contribution in [0.4, 0.5) is 6.01 Å². The van der Waals surface area contributed by atoms with Crippen LogP contribution in [-0.2, 0) is 11.8 Å². The number of aromatic nitrogens is 4. The number of halogens is 1. The molecule has 0 spiro atoms. The highest BCUT2D eigenvalue weighted by atomic mass is 35.5. The van der Waals surface area contributed by atoms with Crippen molar-refractivity contribution >= 4 is 23.5 Å². The summed E-state index contributed by atoms with van der Waals surface area (Å²) in [4.78, 5) is 12.5. The number of benzene rings is 1. The summed E-state index contributed by atoms with van der Waals surface area (Å²) in [5.74, 6) is 0.356. The van der Waals surface area contributed by atoms with Crippen LogP contribution in [0.3, 0.4) is 0 Å².